The monoisotopic (exact) mass is 356 g/mol. The first-order valence-electron chi connectivity index (χ1n) is 8.34. The summed E-state index contributed by atoms with van der Waals surface area (Å²) in [6, 6.07) is 9.49. The number of halogens is 1. The minimum absolute atomic E-state index is 0.0455. The molecule has 0 aliphatic carbocycles. The second-order valence-electron chi connectivity index (χ2n) is 6.18. The van der Waals surface area contributed by atoms with E-state index >= 15 is 0 Å². The van der Waals surface area contributed by atoms with Gasteiger partial charge in [0.05, 0.1) is 23.8 Å². The zero-order valence-corrected chi connectivity index (χ0v) is 14.4. The number of hydrogen-bond acceptors (Lipinski definition) is 4. The average molecular weight is 357 g/mol. The predicted molar refractivity (Wildman–Crippen MR) is 96.0 cm³/mol. The third-order valence-corrected chi connectivity index (χ3v) is 5.05. The van der Waals surface area contributed by atoms with Gasteiger partial charge in [0.2, 0.25) is 0 Å². The molecule has 1 atom stereocenters. The molecule has 1 aromatic carbocycles. The number of nitrogens with zero attached hydrogens (tertiary/aromatic N) is 2. The molecule has 128 valence electrons. The highest BCUT2D eigenvalue weighted by molar-refractivity contribution is 6.35. The number of pyridine rings is 2. The minimum Gasteiger partial charge on any atom is -0.505 e. The molecule has 0 amide bonds. The fourth-order valence-corrected chi connectivity index (χ4v) is 3.81. The fraction of sp³-hybridized carbons (Fsp3) is 0.263. The Hall–Kier alpha value is -2.21. The minimum atomic E-state index is -0.0455. The molecule has 5 nitrogen and oxygen atoms in total. The molecule has 4 rings (SSSR count). The maximum absolute atomic E-state index is 11.0. The molecule has 3 heterocycles. The van der Waals surface area contributed by atoms with Crippen LogP contribution in [0, 0.1) is 0 Å². The first-order valence-corrected chi connectivity index (χ1v) is 8.72. The number of phenolic OH excluding ortho intramolecular Hbond substituents is 1. The van der Waals surface area contributed by atoms with Crippen LogP contribution >= 0.6 is 11.6 Å². The van der Waals surface area contributed by atoms with Gasteiger partial charge in [0.15, 0.2) is 5.75 Å². The number of aromatic hydroxyl groups is 1. The number of phenols is 1. The number of benzene rings is 1. The van der Waals surface area contributed by atoms with E-state index < -0.39 is 0 Å². The lowest BCUT2D eigenvalue weighted by atomic mass is 9.95. The summed E-state index contributed by atoms with van der Waals surface area (Å²) in [6.45, 7) is 3.14. The number of aromatic nitrogens is 2. The highest BCUT2D eigenvalue weighted by atomic mass is 35.5. The van der Waals surface area contributed by atoms with E-state index in [0.29, 0.717) is 23.8 Å². The summed E-state index contributed by atoms with van der Waals surface area (Å²) in [6.07, 6.45) is 5.23. The van der Waals surface area contributed by atoms with Crippen molar-refractivity contribution < 1.29 is 14.7 Å². The van der Waals surface area contributed by atoms with Gasteiger partial charge in [-0.05, 0) is 30.3 Å². The van der Waals surface area contributed by atoms with Crippen LogP contribution in [0.15, 0.2) is 48.9 Å². The molecule has 2 aromatic heterocycles. The molecule has 1 fully saturated rings. The lowest BCUT2D eigenvalue weighted by molar-refractivity contribution is -0.933. The lowest BCUT2D eigenvalue weighted by Crippen LogP contribution is -3.14. The zero-order valence-electron chi connectivity index (χ0n) is 13.7. The van der Waals surface area contributed by atoms with Gasteiger partial charge in [-0.3, -0.25) is 9.97 Å². The Morgan fingerprint density at radius 2 is 1.88 bits per heavy atom. The largest absolute Gasteiger partial charge is 0.505 e. The van der Waals surface area contributed by atoms with Crippen LogP contribution in [0.5, 0.6) is 5.75 Å². The van der Waals surface area contributed by atoms with Crippen LogP contribution in [0.3, 0.4) is 0 Å². The molecule has 1 aliphatic heterocycles. The van der Waals surface area contributed by atoms with Crippen molar-refractivity contribution >= 4 is 22.5 Å². The Kier molecular flexibility index (Phi) is 4.53. The van der Waals surface area contributed by atoms with Crippen molar-refractivity contribution in [2.75, 3.05) is 26.3 Å². The molecule has 0 radical (unpaired) electrons. The van der Waals surface area contributed by atoms with Crippen molar-refractivity contribution in [3.05, 3.63) is 65.1 Å². The van der Waals surface area contributed by atoms with Gasteiger partial charge in [-0.15, -0.1) is 0 Å². The Morgan fingerprint density at radius 1 is 1.12 bits per heavy atom. The van der Waals surface area contributed by atoms with Crippen molar-refractivity contribution in [3.63, 3.8) is 0 Å². The third-order valence-electron chi connectivity index (χ3n) is 4.74. The van der Waals surface area contributed by atoms with E-state index in [-0.39, 0.29) is 11.8 Å². The number of morpholine rings is 1. The van der Waals surface area contributed by atoms with Crippen LogP contribution in [-0.2, 0) is 4.74 Å². The summed E-state index contributed by atoms with van der Waals surface area (Å²) >= 11 is 6.51. The van der Waals surface area contributed by atoms with Crippen LogP contribution in [-0.4, -0.2) is 41.4 Å². The first-order chi connectivity index (χ1) is 12.3. The van der Waals surface area contributed by atoms with Gasteiger partial charge in [-0.2, -0.15) is 0 Å². The SMILES string of the molecule is Oc1c(C(c2ccncc2)[NH+]2CCOCC2)cc(Cl)c2cccnc12. The molecule has 1 aliphatic rings. The normalized spacial score (nSPS) is 16.8. The Labute approximate surface area is 150 Å². The van der Waals surface area contributed by atoms with Crippen molar-refractivity contribution in [2.45, 2.75) is 6.04 Å². The number of fused-ring (bicyclic) bond motifs is 1. The Morgan fingerprint density at radius 3 is 2.64 bits per heavy atom. The van der Waals surface area contributed by atoms with Gasteiger partial charge in [0.25, 0.3) is 0 Å². The molecule has 2 N–H and O–H groups in total. The summed E-state index contributed by atoms with van der Waals surface area (Å²) < 4.78 is 5.51. The van der Waals surface area contributed by atoms with Crippen LogP contribution < -0.4 is 4.90 Å². The number of hydrogen-bond donors (Lipinski definition) is 2. The molecule has 6 heteroatoms. The number of quaternary nitrogens is 1. The van der Waals surface area contributed by atoms with E-state index in [2.05, 4.69) is 9.97 Å². The van der Waals surface area contributed by atoms with E-state index in [4.69, 9.17) is 16.3 Å². The number of ether oxygens (including phenoxy) is 1. The smallest absolute Gasteiger partial charge is 0.151 e. The van der Waals surface area contributed by atoms with Crippen LogP contribution in [0.25, 0.3) is 10.9 Å². The van der Waals surface area contributed by atoms with Gasteiger partial charge in [0.1, 0.15) is 24.6 Å². The summed E-state index contributed by atoms with van der Waals surface area (Å²) in [5.74, 6) is 0.195. The molecular weight excluding hydrogens is 338 g/mol. The molecule has 0 saturated carbocycles. The van der Waals surface area contributed by atoms with Crippen molar-refractivity contribution in [1.82, 2.24) is 9.97 Å². The van der Waals surface area contributed by atoms with Crippen molar-refractivity contribution in [1.29, 1.82) is 0 Å². The van der Waals surface area contributed by atoms with Gasteiger partial charge in [-0.25, -0.2) is 0 Å². The van der Waals surface area contributed by atoms with Crippen LogP contribution in [0.4, 0.5) is 0 Å². The second kappa shape index (κ2) is 6.96. The van der Waals surface area contributed by atoms with Gasteiger partial charge in [-0.1, -0.05) is 11.6 Å². The van der Waals surface area contributed by atoms with E-state index in [0.717, 1.165) is 29.6 Å². The lowest BCUT2D eigenvalue weighted by Gasteiger charge is -2.32. The zero-order chi connectivity index (χ0) is 17.2. The second-order valence-corrected chi connectivity index (χ2v) is 6.59. The van der Waals surface area contributed by atoms with E-state index in [1.165, 1.54) is 4.90 Å². The van der Waals surface area contributed by atoms with E-state index in [9.17, 15) is 5.11 Å². The highest BCUT2D eigenvalue weighted by Gasteiger charge is 2.31. The summed E-state index contributed by atoms with van der Waals surface area (Å²) in [5, 5.41) is 12.3. The average Bonchev–Trinajstić information content (AvgIpc) is 2.68. The Bertz CT molecular complexity index is 882. The molecular formula is C19H19ClN3O2+. The quantitative estimate of drug-likeness (QED) is 0.753. The van der Waals surface area contributed by atoms with E-state index in [1.807, 2.05) is 30.3 Å². The standard InChI is InChI=1S/C19H18ClN3O2/c20-16-12-15(19(24)17-14(16)2-1-5-22-17)18(13-3-6-21-7-4-13)23-8-10-25-11-9-23/h1-7,12,18,24H,8-11H2/p+1. The van der Waals surface area contributed by atoms with Crippen molar-refractivity contribution in [2.24, 2.45) is 0 Å². The maximum atomic E-state index is 11.0. The molecule has 1 unspecified atom stereocenters. The molecule has 0 bridgehead atoms. The third kappa shape index (κ3) is 3.06. The highest BCUT2D eigenvalue weighted by Crippen LogP contribution is 2.37. The Balaban J connectivity index is 1.90. The summed E-state index contributed by atoms with van der Waals surface area (Å²) in [5.41, 5.74) is 2.42. The van der Waals surface area contributed by atoms with Crippen LogP contribution in [0.2, 0.25) is 5.02 Å². The molecule has 0 spiro atoms. The van der Waals surface area contributed by atoms with E-state index in [1.54, 1.807) is 18.6 Å². The van der Waals surface area contributed by atoms with Crippen LogP contribution in [0.1, 0.15) is 17.2 Å². The number of rotatable bonds is 3. The molecule has 1 saturated heterocycles. The van der Waals surface area contributed by atoms with Gasteiger partial charge >= 0.3 is 0 Å². The topological polar surface area (TPSA) is 59.7 Å². The number of nitrogens with one attached hydrogen (secondary N) is 1. The molecule has 3 aromatic rings. The fourth-order valence-electron chi connectivity index (χ4n) is 3.54. The predicted octanol–water partition coefficient (Wildman–Crippen LogP) is 1.99. The summed E-state index contributed by atoms with van der Waals surface area (Å²) in [7, 11) is 0. The first kappa shape index (κ1) is 16.3. The molecule has 25 heavy (non-hydrogen) atoms. The van der Waals surface area contributed by atoms with Crippen molar-refractivity contribution in [3.8, 4) is 5.75 Å². The maximum Gasteiger partial charge on any atom is 0.151 e. The van der Waals surface area contributed by atoms with Gasteiger partial charge < -0.3 is 14.7 Å². The summed E-state index contributed by atoms with van der Waals surface area (Å²) in [4.78, 5) is 9.80. The van der Waals surface area contributed by atoms with Gasteiger partial charge in [0, 0.05) is 29.5 Å².